The molecule has 1 heterocycles. The zero-order valence-corrected chi connectivity index (χ0v) is 8.82. The summed E-state index contributed by atoms with van der Waals surface area (Å²) in [6.07, 6.45) is 7.55. The highest BCUT2D eigenvalue weighted by atomic mass is 16.5. The van der Waals surface area contributed by atoms with Gasteiger partial charge < -0.3 is 5.73 Å². The van der Waals surface area contributed by atoms with Crippen LogP contribution in [0.3, 0.4) is 0 Å². The van der Waals surface area contributed by atoms with Crippen molar-refractivity contribution in [2.24, 2.45) is 5.92 Å². The molecule has 0 unspecified atom stereocenters. The minimum atomic E-state index is -0.441. The minimum Gasteiger partial charge on any atom is -0.367 e. The van der Waals surface area contributed by atoms with Crippen molar-refractivity contribution in [3.63, 3.8) is 0 Å². The third-order valence-corrected chi connectivity index (χ3v) is 3.20. The van der Waals surface area contributed by atoms with E-state index in [9.17, 15) is 4.79 Å². The van der Waals surface area contributed by atoms with E-state index in [4.69, 9.17) is 5.73 Å². The Hall–Kier alpha value is -1.26. The maximum atomic E-state index is 11.2. The van der Waals surface area contributed by atoms with Gasteiger partial charge in [0.1, 0.15) is 0 Å². The lowest BCUT2D eigenvalue weighted by atomic mass is 9.87. The fraction of sp³-hybridized carbons (Fsp3) is 0.800. The van der Waals surface area contributed by atoms with Gasteiger partial charge in [0.15, 0.2) is 0 Å². The van der Waals surface area contributed by atoms with Crippen LogP contribution in [0.4, 0.5) is 5.95 Å². The minimum absolute atomic E-state index is 0.191. The van der Waals surface area contributed by atoms with E-state index >= 15 is 0 Å². The molecule has 2 rings (SSSR count). The van der Waals surface area contributed by atoms with Gasteiger partial charge in [-0.2, -0.15) is 0 Å². The maximum absolute atomic E-state index is 11.2. The number of nitrogen functional groups attached to an aromatic ring is 1. The summed E-state index contributed by atoms with van der Waals surface area (Å²) in [5, 5.41) is 3.43. The molecule has 1 fully saturated rings. The first-order chi connectivity index (χ1) is 7.27. The number of anilines is 1. The monoisotopic (exact) mass is 211 g/mol. The Morgan fingerprint density at radius 1 is 1.40 bits per heavy atom. The molecule has 1 aromatic heterocycles. The van der Waals surface area contributed by atoms with Gasteiger partial charge in [-0.25, -0.2) is 9.36 Å². The number of rotatable bonds is 3. The first kappa shape index (κ1) is 10.3. The molecule has 0 radical (unpaired) electrons. The summed E-state index contributed by atoms with van der Waals surface area (Å²) in [5.41, 5.74) is 5.52. The Kier molecular flexibility index (Phi) is 3.08. The highest BCUT2D eigenvalue weighted by Gasteiger charge is 2.15. The van der Waals surface area contributed by atoms with E-state index in [1.54, 1.807) is 0 Å². The van der Waals surface area contributed by atoms with Crippen LogP contribution in [-0.4, -0.2) is 9.72 Å². The highest BCUT2D eigenvalue weighted by Crippen LogP contribution is 2.26. The first-order valence-electron chi connectivity index (χ1n) is 5.59. The van der Waals surface area contributed by atoms with Crippen molar-refractivity contribution in [1.82, 2.24) is 9.72 Å². The predicted molar refractivity (Wildman–Crippen MR) is 56.4 cm³/mol. The summed E-state index contributed by atoms with van der Waals surface area (Å²) >= 11 is 0. The van der Waals surface area contributed by atoms with Crippen LogP contribution in [0, 0.1) is 5.92 Å². The van der Waals surface area contributed by atoms with Gasteiger partial charge >= 0.3 is 5.76 Å². The lowest BCUT2D eigenvalue weighted by Crippen LogP contribution is -2.19. The van der Waals surface area contributed by atoms with Crippen LogP contribution in [-0.2, 0) is 6.54 Å². The number of nitrogens with two attached hydrogens (primary N) is 1. The second-order valence-corrected chi connectivity index (χ2v) is 4.25. The average molecular weight is 211 g/mol. The number of nitrogens with zero attached hydrogens (tertiary/aromatic N) is 2. The third-order valence-electron chi connectivity index (χ3n) is 3.20. The normalized spacial score (nSPS) is 18.1. The molecule has 0 aromatic carbocycles. The van der Waals surface area contributed by atoms with Crippen molar-refractivity contribution >= 4 is 5.95 Å². The molecule has 5 nitrogen and oxygen atoms in total. The van der Waals surface area contributed by atoms with Crippen molar-refractivity contribution in [2.45, 2.75) is 45.1 Å². The summed E-state index contributed by atoms with van der Waals surface area (Å²) < 4.78 is 5.88. The van der Waals surface area contributed by atoms with Crippen molar-refractivity contribution < 1.29 is 4.52 Å². The maximum Gasteiger partial charge on any atom is 0.443 e. The van der Waals surface area contributed by atoms with E-state index in [0.29, 0.717) is 6.54 Å². The summed E-state index contributed by atoms with van der Waals surface area (Å²) in [7, 11) is 0. The molecule has 2 N–H and O–H groups in total. The summed E-state index contributed by atoms with van der Waals surface area (Å²) in [6, 6.07) is 0. The van der Waals surface area contributed by atoms with E-state index in [1.807, 2.05) is 0 Å². The Morgan fingerprint density at radius 3 is 2.73 bits per heavy atom. The van der Waals surface area contributed by atoms with Gasteiger partial charge in [0.05, 0.1) is 0 Å². The topological polar surface area (TPSA) is 74.1 Å². The van der Waals surface area contributed by atoms with Gasteiger partial charge in [0.25, 0.3) is 0 Å². The lowest BCUT2D eigenvalue weighted by Gasteiger charge is -2.21. The molecule has 0 bridgehead atoms. The van der Waals surface area contributed by atoms with Gasteiger partial charge in [-0.05, 0) is 17.5 Å². The molecular formula is C10H17N3O2. The Balaban J connectivity index is 1.89. The van der Waals surface area contributed by atoms with Crippen molar-refractivity contribution in [2.75, 3.05) is 5.73 Å². The van der Waals surface area contributed by atoms with Gasteiger partial charge in [-0.3, -0.25) is 4.52 Å². The fourth-order valence-electron chi connectivity index (χ4n) is 2.27. The van der Waals surface area contributed by atoms with Crippen molar-refractivity contribution in [1.29, 1.82) is 0 Å². The molecule has 0 aliphatic heterocycles. The molecule has 1 aromatic rings. The van der Waals surface area contributed by atoms with Crippen LogP contribution < -0.4 is 11.5 Å². The lowest BCUT2D eigenvalue weighted by molar-refractivity contribution is 0.316. The van der Waals surface area contributed by atoms with E-state index in [0.717, 1.165) is 12.3 Å². The standard InChI is InChI=1S/C10H17N3O2/c11-9-12-15-10(14)13(9)7-6-8-4-2-1-3-5-8/h8H,1-7H2,(H2,11,12). The van der Waals surface area contributed by atoms with E-state index in [2.05, 4.69) is 9.68 Å². The van der Waals surface area contributed by atoms with Gasteiger partial charge in [-0.15, -0.1) is 0 Å². The van der Waals surface area contributed by atoms with E-state index in [-0.39, 0.29) is 5.95 Å². The van der Waals surface area contributed by atoms with Crippen LogP contribution >= 0.6 is 0 Å². The van der Waals surface area contributed by atoms with Crippen LogP contribution in [0.1, 0.15) is 38.5 Å². The molecule has 0 saturated heterocycles. The molecule has 0 amide bonds. The van der Waals surface area contributed by atoms with Crippen LogP contribution in [0.25, 0.3) is 0 Å². The van der Waals surface area contributed by atoms with Crippen LogP contribution in [0.2, 0.25) is 0 Å². The molecule has 0 atom stereocenters. The molecule has 1 aliphatic rings. The van der Waals surface area contributed by atoms with E-state index < -0.39 is 5.76 Å². The Bertz CT molecular complexity index is 363. The quantitative estimate of drug-likeness (QED) is 0.819. The van der Waals surface area contributed by atoms with Gasteiger partial charge in [0.2, 0.25) is 5.95 Å². The van der Waals surface area contributed by atoms with Crippen molar-refractivity contribution in [3.05, 3.63) is 10.6 Å². The second-order valence-electron chi connectivity index (χ2n) is 4.25. The van der Waals surface area contributed by atoms with Gasteiger partial charge in [-0.1, -0.05) is 32.1 Å². The highest BCUT2D eigenvalue weighted by molar-refractivity contribution is 5.11. The molecule has 0 spiro atoms. The number of hydrogen-bond donors (Lipinski definition) is 1. The summed E-state index contributed by atoms with van der Waals surface area (Å²) in [6.45, 7) is 0.638. The molecule has 15 heavy (non-hydrogen) atoms. The van der Waals surface area contributed by atoms with E-state index in [1.165, 1.54) is 36.7 Å². The smallest absolute Gasteiger partial charge is 0.367 e. The second kappa shape index (κ2) is 4.51. The Morgan fingerprint density at radius 2 is 2.13 bits per heavy atom. The van der Waals surface area contributed by atoms with Crippen molar-refractivity contribution in [3.8, 4) is 0 Å². The third kappa shape index (κ3) is 2.40. The fourth-order valence-corrected chi connectivity index (χ4v) is 2.27. The zero-order valence-electron chi connectivity index (χ0n) is 8.82. The Labute approximate surface area is 88.2 Å². The molecule has 84 valence electrons. The first-order valence-corrected chi connectivity index (χ1v) is 5.59. The predicted octanol–water partition coefficient (Wildman–Crippen LogP) is 1.39. The molecule has 1 aliphatic carbocycles. The molecule has 1 saturated carbocycles. The average Bonchev–Trinajstić information content (AvgIpc) is 2.58. The molecule has 5 heteroatoms. The van der Waals surface area contributed by atoms with Crippen LogP contribution in [0.5, 0.6) is 0 Å². The number of aromatic nitrogens is 2. The van der Waals surface area contributed by atoms with Crippen LogP contribution in [0.15, 0.2) is 9.32 Å². The zero-order chi connectivity index (χ0) is 10.7. The summed E-state index contributed by atoms with van der Waals surface area (Å²) in [4.78, 5) is 11.2. The van der Waals surface area contributed by atoms with Gasteiger partial charge in [0, 0.05) is 6.54 Å². The molecular weight excluding hydrogens is 194 g/mol. The summed E-state index contributed by atoms with van der Waals surface area (Å²) in [5.74, 6) is 0.485. The number of hydrogen-bond acceptors (Lipinski definition) is 4. The largest absolute Gasteiger partial charge is 0.443 e. The SMILES string of the molecule is Nc1noc(=O)n1CCC1CCCCC1.